The van der Waals surface area contributed by atoms with Gasteiger partial charge >= 0.3 is 12.1 Å². The molecule has 0 unspecified atom stereocenters. The number of carboxylic acids is 1. The van der Waals surface area contributed by atoms with Crippen LogP contribution in [-0.4, -0.2) is 83.9 Å². The highest BCUT2D eigenvalue weighted by Crippen LogP contribution is 2.27. The van der Waals surface area contributed by atoms with Crippen LogP contribution in [0.25, 0.3) is 0 Å². The fraction of sp³-hybridized carbons (Fsp3) is 0.400. The summed E-state index contributed by atoms with van der Waals surface area (Å²) in [6.45, 7) is 1.32. The zero-order valence-corrected chi connectivity index (χ0v) is 22.0. The Morgan fingerprint density at radius 3 is 2.34 bits per heavy atom. The number of hydrogen-bond acceptors (Lipinski definition) is 7. The van der Waals surface area contributed by atoms with Crippen molar-refractivity contribution in [1.29, 1.82) is 0 Å². The molecule has 10 nitrogen and oxygen atoms in total. The minimum atomic E-state index is -4.08. The van der Waals surface area contributed by atoms with Crippen LogP contribution in [-0.2, 0) is 26.0 Å². The summed E-state index contributed by atoms with van der Waals surface area (Å²) in [6, 6.07) is 8.25. The fourth-order valence-electron chi connectivity index (χ4n) is 4.34. The van der Waals surface area contributed by atoms with Crippen molar-refractivity contribution in [2.75, 3.05) is 31.1 Å². The molecule has 0 bridgehead atoms. The highest BCUT2D eigenvalue weighted by molar-refractivity contribution is 7.99. The number of ether oxygens (including phenoxy) is 1. The van der Waals surface area contributed by atoms with Crippen molar-refractivity contribution >= 4 is 39.8 Å². The number of carbonyl (C=O) groups is 3. The maximum Gasteiger partial charge on any atom is 0.415 e. The van der Waals surface area contributed by atoms with Gasteiger partial charge in [-0.2, -0.15) is 16.1 Å². The minimum absolute atomic E-state index is 0.0594. The first-order chi connectivity index (χ1) is 18.1. The van der Waals surface area contributed by atoms with E-state index in [0.29, 0.717) is 30.8 Å². The Balaban J connectivity index is 1.39. The predicted octanol–water partition coefficient (Wildman–Crippen LogP) is 2.34. The first-order valence-electron chi connectivity index (χ1n) is 12.1. The summed E-state index contributed by atoms with van der Waals surface area (Å²) in [7, 11) is -4.08. The van der Waals surface area contributed by atoms with Crippen LogP contribution in [0.15, 0.2) is 53.4 Å². The Hall–Kier alpha value is -3.16. The lowest BCUT2D eigenvalue weighted by molar-refractivity contribution is -0.142. The summed E-state index contributed by atoms with van der Waals surface area (Å²) in [5, 5.41) is 12.2. The van der Waals surface area contributed by atoms with Crippen LogP contribution in [0.4, 0.5) is 9.18 Å². The molecular formula is C25H28FN3O7S2. The average molecular weight is 566 g/mol. The molecular weight excluding hydrogens is 537 g/mol. The van der Waals surface area contributed by atoms with Crippen LogP contribution in [0, 0.1) is 5.82 Å². The van der Waals surface area contributed by atoms with Gasteiger partial charge in [0.15, 0.2) is 0 Å². The van der Waals surface area contributed by atoms with Crippen LogP contribution in [0.1, 0.15) is 18.4 Å². The number of halogens is 1. The van der Waals surface area contributed by atoms with E-state index in [2.05, 4.69) is 5.32 Å². The number of thioether (sulfide) groups is 1. The number of hydrogen-bond donors (Lipinski definition) is 2. The SMILES string of the molecule is O=C(O)[C@H](Cc1ccc(OC(=O)N2CCSCC2)cc1)NC(=O)[C@@H]1CCCN1S(=O)(=O)c1ccc(F)cc1. The largest absolute Gasteiger partial charge is 0.480 e. The summed E-state index contributed by atoms with van der Waals surface area (Å²) in [4.78, 5) is 38.7. The molecule has 2 saturated heterocycles. The normalized spacial score (nSPS) is 19.1. The number of benzene rings is 2. The first-order valence-corrected chi connectivity index (χ1v) is 14.7. The van der Waals surface area contributed by atoms with E-state index in [1.54, 1.807) is 40.9 Å². The quantitative estimate of drug-likeness (QED) is 0.498. The molecule has 2 aromatic carbocycles. The molecule has 2 N–H and O–H groups in total. The first kappa shape index (κ1) is 27.9. The van der Waals surface area contributed by atoms with Crippen LogP contribution in [0.2, 0.25) is 0 Å². The molecule has 0 aromatic heterocycles. The molecule has 2 amide bonds. The van der Waals surface area contributed by atoms with Crippen molar-refractivity contribution in [3.8, 4) is 5.75 Å². The predicted molar refractivity (Wildman–Crippen MR) is 138 cm³/mol. The number of nitrogens with zero attached hydrogens (tertiary/aromatic N) is 2. The van der Waals surface area contributed by atoms with Gasteiger partial charge in [0.2, 0.25) is 15.9 Å². The molecule has 0 aliphatic carbocycles. The van der Waals surface area contributed by atoms with E-state index < -0.39 is 45.9 Å². The van der Waals surface area contributed by atoms with E-state index in [-0.39, 0.29) is 24.3 Å². The van der Waals surface area contributed by atoms with Crippen LogP contribution < -0.4 is 10.1 Å². The zero-order chi connectivity index (χ0) is 27.3. The average Bonchev–Trinajstić information content (AvgIpc) is 3.41. The number of carbonyl (C=O) groups excluding carboxylic acids is 2. The van der Waals surface area contributed by atoms with Gasteiger partial charge in [0.25, 0.3) is 0 Å². The molecule has 0 spiro atoms. The Kier molecular flexibility index (Phi) is 8.90. The third-order valence-corrected chi connectivity index (χ3v) is 9.24. The molecule has 2 aromatic rings. The van der Waals surface area contributed by atoms with Gasteiger partial charge in [0, 0.05) is 37.6 Å². The topological polar surface area (TPSA) is 133 Å². The maximum absolute atomic E-state index is 13.3. The Bertz CT molecular complexity index is 1270. The molecule has 2 aliphatic rings. The van der Waals surface area contributed by atoms with Gasteiger partial charge < -0.3 is 20.1 Å². The minimum Gasteiger partial charge on any atom is -0.480 e. The number of sulfonamides is 1. The van der Waals surface area contributed by atoms with Crippen molar-refractivity contribution in [2.45, 2.75) is 36.2 Å². The lowest BCUT2D eigenvalue weighted by Crippen LogP contribution is -2.51. The summed E-state index contributed by atoms with van der Waals surface area (Å²) < 4.78 is 45.8. The third-order valence-electron chi connectivity index (χ3n) is 6.38. The molecule has 2 heterocycles. The van der Waals surface area contributed by atoms with Gasteiger partial charge in [-0.25, -0.2) is 22.4 Å². The molecule has 2 aliphatic heterocycles. The number of nitrogens with one attached hydrogen (secondary N) is 1. The van der Waals surface area contributed by atoms with Gasteiger partial charge in [-0.05, 0) is 54.8 Å². The molecule has 0 saturated carbocycles. The van der Waals surface area contributed by atoms with E-state index in [4.69, 9.17) is 4.74 Å². The Morgan fingerprint density at radius 2 is 1.71 bits per heavy atom. The lowest BCUT2D eigenvalue weighted by atomic mass is 10.1. The zero-order valence-electron chi connectivity index (χ0n) is 20.4. The summed E-state index contributed by atoms with van der Waals surface area (Å²) in [6.07, 6.45) is 0.155. The molecule has 0 radical (unpaired) electrons. The second-order valence-electron chi connectivity index (χ2n) is 8.94. The maximum atomic E-state index is 13.3. The van der Waals surface area contributed by atoms with Crippen LogP contribution in [0.5, 0.6) is 5.75 Å². The number of amides is 2. The highest BCUT2D eigenvalue weighted by Gasteiger charge is 2.40. The van der Waals surface area contributed by atoms with Crippen molar-refractivity contribution in [1.82, 2.24) is 14.5 Å². The standard InChI is InChI=1S/C25H28FN3O7S2/c26-18-5-9-20(10-6-18)38(34,35)29-11-1-2-22(29)23(30)27-21(24(31)32)16-17-3-7-19(8-4-17)36-25(33)28-12-14-37-15-13-28/h3-10,21-22H,1-2,11-16H2,(H,27,30)(H,31,32)/t21-,22-/m0/s1. The number of rotatable bonds is 8. The molecule has 4 rings (SSSR count). The second-order valence-corrected chi connectivity index (χ2v) is 12.1. The van der Waals surface area contributed by atoms with E-state index in [1.165, 1.54) is 0 Å². The van der Waals surface area contributed by atoms with E-state index in [9.17, 15) is 32.3 Å². The fourth-order valence-corrected chi connectivity index (χ4v) is 6.90. The van der Waals surface area contributed by atoms with E-state index in [0.717, 1.165) is 40.1 Å². The monoisotopic (exact) mass is 565 g/mol. The highest BCUT2D eigenvalue weighted by atomic mass is 32.2. The van der Waals surface area contributed by atoms with E-state index in [1.807, 2.05) is 0 Å². The van der Waals surface area contributed by atoms with Crippen molar-refractivity contribution in [2.24, 2.45) is 0 Å². The Morgan fingerprint density at radius 1 is 1.05 bits per heavy atom. The van der Waals surface area contributed by atoms with Crippen molar-refractivity contribution < 1.29 is 37.0 Å². The Labute approximate surface area is 224 Å². The van der Waals surface area contributed by atoms with E-state index >= 15 is 0 Å². The second kappa shape index (κ2) is 12.1. The van der Waals surface area contributed by atoms with Crippen molar-refractivity contribution in [3.05, 3.63) is 59.9 Å². The molecule has 2 fully saturated rings. The summed E-state index contributed by atoms with van der Waals surface area (Å²) in [5.74, 6) is -0.550. The molecule has 204 valence electrons. The summed E-state index contributed by atoms with van der Waals surface area (Å²) >= 11 is 1.77. The molecule has 2 atom stereocenters. The lowest BCUT2D eigenvalue weighted by Gasteiger charge is -2.25. The van der Waals surface area contributed by atoms with Gasteiger partial charge in [0.05, 0.1) is 4.90 Å². The van der Waals surface area contributed by atoms with Gasteiger partial charge in [0.1, 0.15) is 23.7 Å². The third kappa shape index (κ3) is 6.63. The summed E-state index contributed by atoms with van der Waals surface area (Å²) in [5.41, 5.74) is 0.578. The van der Waals surface area contributed by atoms with Gasteiger partial charge in [-0.1, -0.05) is 12.1 Å². The number of carboxylic acid groups (broad SMARTS) is 1. The molecule has 13 heteroatoms. The van der Waals surface area contributed by atoms with Gasteiger partial charge in [-0.15, -0.1) is 0 Å². The van der Waals surface area contributed by atoms with Crippen LogP contribution in [0.3, 0.4) is 0 Å². The number of aliphatic carboxylic acids is 1. The van der Waals surface area contributed by atoms with Crippen molar-refractivity contribution in [3.63, 3.8) is 0 Å². The smallest absolute Gasteiger partial charge is 0.415 e. The van der Waals surface area contributed by atoms with Crippen LogP contribution >= 0.6 is 11.8 Å². The molecule has 38 heavy (non-hydrogen) atoms. The van der Waals surface area contributed by atoms with Gasteiger partial charge in [-0.3, -0.25) is 4.79 Å².